The number of benzene rings is 3. The van der Waals surface area contributed by atoms with Crippen molar-refractivity contribution in [3.63, 3.8) is 0 Å². The maximum atomic E-state index is 14.0. The zero-order valence-corrected chi connectivity index (χ0v) is 33.7. The number of phenolic OH excluding ortho intramolecular Hbond substituents is 2. The third-order valence-electron chi connectivity index (χ3n) is 11.7. The van der Waals surface area contributed by atoms with Crippen LogP contribution < -0.4 is 14.8 Å². The van der Waals surface area contributed by atoms with Crippen LogP contribution in [0.4, 0.5) is 10.5 Å². The summed E-state index contributed by atoms with van der Waals surface area (Å²) in [7, 11) is 1.28. The molecule has 1 amide bonds. The number of methoxy groups -OCH3 is 1. The van der Waals surface area contributed by atoms with Gasteiger partial charge in [0.1, 0.15) is 60.0 Å². The molecule has 0 unspecified atom stereocenters. The number of aliphatic hydroxyl groups is 6. The molecule has 2 heterocycles. The highest BCUT2D eigenvalue weighted by atomic mass is 16.7. The maximum Gasteiger partial charge on any atom is 0.407 e. The Labute approximate surface area is 356 Å². The fraction of sp³-hybridized carbons (Fsp3) is 0.463. The number of hydrogen-bond donors (Lipinski definition) is 9. The van der Waals surface area contributed by atoms with Crippen molar-refractivity contribution in [2.45, 2.75) is 107 Å². The molecule has 11 atom stereocenters. The zero-order valence-electron chi connectivity index (χ0n) is 33.7. The van der Waals surface area contributed by atoms with E-state index in [0.29, 0.717) is 0 Å². The van der Waals surface area contributed by atoms with E-state index in [2.05, 4.69) is 5.32 Å². The number of hydrogen-bond acceptors (Lipinski definition) is 20. The largest absolute Gasteiger partial charge is 0.507 e. The molecule has 0 spiro atoms. The summed E-state index contributed by atoms with van der Waals surface area (Å²) in [5.41, 5.74) is -4.56. The van der Waals surface area contributed by atoms with Gasteiger partial charge >= 0.3 is 11.8 Å². The Morgan fingerprint density at radius 1 is 0.952 bits per heavy atom. The minimum absolute atomic E-state index is 0.0334. The predicted octanol–water partition coefficient (Wildman–Crippen LogP) is 0.0835. The van der Waals surface area contributed by atoms with E-state index in [9.17, 15) is 70.1 Å². The molecule has 0 saturated carbocycles. The van der Waals surface area contributed by atoms with E-state index in [1.165, 1.54) is 38.3 Å². The van der Waals surface area contributed by atoms with Crippen LogP contribution in [0.25, 0.3) is 0 Å². The number of alkyl carbamates (subject to hydrolysis) is 1. The number of nitro groups is 1. The summed E-state index contributed by atoms with van der Waals surface area (Å²) in [6.45, 7) is 1.23. The van der Waals surface area contributed by atoms with Crippen molar-refractivity contribution in [3.05, 3.63) is 85.5 Å². The van der Waals surface area contributed by atoms with E-state index in [1.807, 2.05) is 0 Å². The quantitative estimate of drug-likeness (QED) is 0.0547. The Kier molecular flexibility index (Phi) is 12.5. The van der Waals surface area contributed by atoms with Crippen molar-refractivity contribution >= 4 is 29.1 Å². The van der Waals surface area contributed by atoms with Crippen LogP contribution >= 0.6 is 0 Å². The molecule has 9 N–H and O–H groups in total. The van der Waals surface area contributed by atoms with Gasteiger partial charge in [-0.1, -0.05) is 18.2 Å². The van der Waals surface area contributed by atoms with E-state index < -0.39 is 155 Å². The molecule has 0 bridgehead atoms. The van der Waals surface area contributed by atoms with E-state index in [4.69, 9.17) is 28.4 Å². The van der Waals surface area contributed by atoms with Gasteiger partial charge in [-0.05, 0) is 31.5 Å². The number of ether oxygens (including phenoxy) is 6. The molecule has 4 aliphatic rings. The van der Waals surface area contributed by atoms with E-state index >= 15 is 0 Å². The first-order chi connectivity index (χ1) is 29.8. The number of Topliss-reactive ketones (excluding diaryl/α,β-unsaturated/α-hetero) is 1. The van der Waals surface area contributed by atoms with Crippen molar-refractivity contribution < 1.29 is 93.4 Å². The second-order valence-corrected chi connectivity index (χ2v) is 15.7. The van der Waals surface area contributed by atoms with E-state index in [0.717, 1.165) is 19.1 Å². The number of carbonyl (C=O) groups excluding carboxylic acids is 4. The zero-order chi connectivity index (χ0) is 45.8. The van der Waals surface area contributed by atoms with Gasteiger partial charge in [-0.15, -0.1) is 0 Å². The number of carbonyl (C=O) groups is 4. The lowest BCUT2D eigenvalue weighted by Gasteiger charge is -2.42. The molecule has 63 heavy (non-hydrogen) atoms. The van der Waals surface area contributed by atoms with Gasteiger partial charge in [-0.3, -0.25) is 24.5 Å². The van der Waals surface area contributed by atoms with Crippen LogP contribution in [0.15, 0.2) is 36.4 Å². The lowest BCUT2D eigenvalue weighted by atomic mass is 9.72. The lowest BCUT2D eigenvalue weighted by molar-refractivity contribution is -0.387. The summed E-state index contributed by atoms with van der Waals surface area (Å²) in [4.78, 5) is 64.7. The number of phenols is 2. The molecule has 2 fully saturated rings. The van der Waals surface area contributed by atoms with Gasteiger partial charge in [0.15, 0.2) is 23.6 Å². The Bertz CT molecular complexity index is 2350. The summed E-state index contributed by atoms with van der Waals surface area (Å²) >= 11 is 0. The van der Waals surface area contributed by atoms with Gasteiger partial charge in [0, 0.05) is 42.0 Å². The second kappa shape index (κ2) is 17.4. The van der Waals surface area contributed by atoms with Crippen LogP contribution in [0.2, 0.25) is 0 Å². The Balaban J connectivity index is 1.08. The summed E-state index contributed by atoms with van der Waals surface area (Å²) in [5, 5.41) is 100. The van der Waals surface area contributed by atoms with Crippen molar-refractivity contribution in [2.75, 3.05) is 13.7 Å². The van der Waals surface area contributed by atoms with E-state index in [-0.39, 0.29) is 40.0 Å². The van der Waals surface area contributed by atoms with Gasteiger partial charge in [0.25, 0.3) is 0 Å². The molecular weight excluding hydrogens is 840 g/mol. The first-order valence-corrected chi connectivity index (χ1v) is 19.6. The van der Waals surface area contributed by atoms with Crippen LogP contribution in [0.1, 0.15) is 81.3 Å². The van der Waals surface area contributed by atoms with E-state index in [1.54, 1.807) is 0 Å². The number of nitro benzene ring substituents is 1. The minimum atomic E-state index is -2.20. The smallest absolute Gasteiger partial charge is 0.407 e. The van der Waals surface area contributed by atoms with Gasteiger partial charge in [-0.2, -0.15) is 0 Å². The topological polar surface area (TPSA) is 341 Å². The number of nitrogens with one attached hydrogen (secondary N) is 1. The van der Waals surface area contributed by atoms with Crippen LogP contribution in [0.5, 0.6) is 23.0 Å². The average Bonchev–Trinajstić information content (AvgIpc) is 3.24. The molecule has 3 aromatic rings. The van der Waals surface area contributed by atoms with Crippen molar-refractivity contribution in [1.29, 1.82) is 0 Å². The van der Waals surface area contributed by atoms with Gasteiger partial charge in [0.05, 0.1) is 53.6 Å². The molecule has 22 nitrogen and oxygen atoms in total. The molecule has 7 rings (SSSR count). The highest BCUT2D eigenvalue weighted by molar-refractivity contribution is 6.31. The summed E-state index contributed by atoms with van der Waals surface area (Å²) in [6, 6.07) is 6.49. The van der Waals surface area contributed by atoms with Crippen LogP contribution in [-0.2, 0) is 36.8 Å². The van der Waals surface area contributed by atoms with Crippen LogP contribution in [0, 0.1) is 10.1 Å². The molecular formula is C41H44N2O20. The normalized spacial score (nSPS) is 30.0. The third-order valence-corrected chi connectivity index (χ3v) is 11.7. The first-order valence-electron chi connectivity index (χ1n) is 19.6. The van der Waals surface area contributed by atoms with Gasteiger partial charge in [-0.25, -0.2) is 4.79 Å². The first kappa shape index (κ1) is 45.2. The molecule has 2 saturated heterocycles. The maximum absolute atomic E-state index is 14.0. The van der Waals surface area contributed by atoms with Crippen LogP contribution in [0.3, 0.4) is 0 Å². The second-order valence-electron chi connectivity index (χ2n) is 15.7. The molecule has 3 aromatic carbocycles. The molecule has 2 aliphatic carbocycles. The number of aliphatic hydroxyl groups excluding tert-OH is 5. The highest BCUT2D eigenvalue weighted by Crippen LogP contribution is 2.52. The standard InChI is InChI=1S/C41H44N2O20/c1-15-31(46)20(42-40(54)59-14-17-7-8-22(21(9-17)43(56)57)62-39-38(53)37(52)34(49)25(13-44)63-39)10-26(60-15)61-24-12-41(55,16(2)45)11-19-28(24)36(51)30-29(33(19)48)32(47)18-5-4-6-23(58-3)27(18)35(30)50/h4-9,15,20,24-26,31,34,37-39,44,46,48-49,51-53,55H,10-14H2,1-3H3,(H,42,54)/t15-,20-,24-,25+,26-,31+,34-,37-,38+,39+,41-/m0/s1. The summed E-state index contributed by atoms with van der Waals surface area (Å²) in [6.07, 6.45) is -16.1. The molecule has 2 aliphatic heterocycles. The highest BCUT2D eigenvalue weighted by Gasteiger charge is 2.50. The molecule has 0 radical (unpaired) electrons. The average molecular weight is 885 g/mol. The summed E-state index contributed by atoms with van der Waals surface area (Å²) in [5.74, 6) is -4.31. The number of amides is 1. The molecule has 0 aromatic heterocycles. The summed E-state index contributed by atoms with van der Waals surface area (Å²) < 4.78 is 33.4. The van der Waals surface area contributed by atoms with Crippen LogP contribution in [-0.4, -0.2) is 144 Å². The number of nitrogens with zero attached hydrogens (tertiary/aromatic N) is 1. The van der Waals surface area contributed by atoms with Gasteiger partial charge < -0.3 is 74.6 Å². The minimum Gasteiger partial charge on any atom is -0.507 e. The number of rotatable bonds is 11. The fourth-order valence-electron chi connectivity index (χ4n) is 8.29. The van der Waals surface area contributed by atoms with Crippen molar-refractivity contribution in [3.8, 4) is 23.0 Å². The predicted molar refractivity (Wildman–Crippen MR) is 207 cm³/mol. The molecule has 338 valence electrons. The SMILES string of the molecule is COc1cccc2c1C(=O)c1c(O)c3c(c(O)c1C2=O)C[C@@](O)(C(C)=O)C[C@@H]3O[C@H]1C[C@H](NC(=O)OCc2ccc(O[C@@H]3O[C@H](CO)[C@H](O)[C@H](O)[C@H]3O)c([N+](=O)[O-])c2)[C@H](O)[C@H](C)O1. The number of fused-ring (bicyclic) bond motifs is 3. The third kappa shape index (κ3) is 8.16. The van der Waals surface area contributed by atoms with Crippen molar-refractivity contribution in [2.24, 2.45) is 0 Å². The fourth-order valence-corrected chi connectivity index (χ4v) is 8.29. The van der Waals surface area contributed by atoms with Gasteiger partial charge in [0.2, 0.25) is 12.1 Å². The monoisotopic (exact) mass is 884 g/mol. The lowest BCUT2D eigenvalue weighted by Crippen LogP contribution is -2.60. The molecule has 22 heteroatoms. The number of aromatic hydroxyl groups is 2. The Hall–Kier alpha value is -5.82. The number of ketones is 3. The Morgan fingerprint density at radius 3 is 2.33 bits per heavy atom. The Morgan fingerprint density at radius 2 is 1.67 bits per heavy atom. The van der Waals surface area contributed by atoms with Crippen molar-refractivity contribution in [1.82, 2.24) is 5.32 Å².